The SMILES string of the molecule is COc1ccc(C(=O)COC(=O)c2cc(-c3ccc(N4C(=O)C5CCCCC5C4=O)cc3)nc3ccc(C)cc23)cc1. The first-order valence-corrected chi connectivity index (χ1v) is 14.1. The third-order valence-electron chi connectivity index (χ3n) is 8.19. The summed E-state index contributed by atoms with van der Waals surface area (Å²) in [4.78, 5) is 58.2. The number of Topliss-reactive ketones (excluding diaryl/α,β-unsaturated/α-hetero) is 1. The smallest absolute Gasteiger partial charge is 0.339 e. The van der Waals surface area contributed by atoms with Crippen molar-refractivity contribution in [1.29, 1.82) is 0 Å². The Morgan fingerprint density at radius 3 is 2.19 bits per heavy atom. The number of aromatic nitrogens is 1. The molecule has 1 aliphatic carbocycles. The second-order valence-electron chi connectivity index (χ2n) is 10.9. The highest BCUT2D eigenvalue weighted by Crippen LogP contribution is 2.40. The third kappa shape index (κ3) is 5.04. The number of nitrogens with zero attached hydrogens (tertiary/aromatic N) is 2. The fraction of sp³-hybridized carbons (Fsp3) is 0.265. The Labute approximate surface area is 243 Å². The van der Waals surface area contributed by atoms with Gasteiger partial charge in [0.25, 0.3) is 0 Å². The average molecular weight is 563 g/mol. The Balaban J connectivity index is 1.26. The standard InChI is InChI=1S/C34H30N2O6/c1-20-7-16-29-27(17-20)28(34(40)42-19-31(37)22-10-14-24(41-2)15-11-22)18-30(35-29)21-8-12-23(13-9-21)36-32(38)25-5-3-4-6-26(25)33(36)39/h7-18,25-26H,3-6,19H2,1-2H3. The summed E-state index contributed by atoms with van der Waals surface area (Å²) in [6, 6.07) is 20.9. The Hall–Kier alpha value is -4.85. The van der Waals surface area contributed by atoms with Crippen LogP contribution < -0.4 is 9.64 Å². The predicted molar refractivity (Wildman–Crippen MR) is 157 cm³/mol. The lowest BCUT2D eigenvalue weighted by Gasteiger charge is -2.19. The van der Waals surface area contributed by atoms with Crippen molar-refractivity contribution < 1.29 is 28.7 Å². The van der Waals surface area contributed by atoms with Crippen molar-refractivity contribution in [3.05, 3.63) is 89.5 Å². The number of imide groups is 1. The summed E-state index contributed by atoms with van der Waals surface area (Å²) in [6.07, 6.45) is 3.46. The van der Waals surface area contributed by atoms with Crippen LogP contribution in [0.15, 0.2) is 72.8 Å². The van der Waals surface area contributed by atoms with Gasteiger partial charge in [-0.1, -0.05) is 36.6 Å². The monoisotopic (exact) mass is 562 g/mol. The second kappa shape index (κ2) is 11.2. The van der Waals surface area contributed by atoms with E-state index in [9.17, 15) is 19.2 Å². The molecule has 42 heavy (non-hydrogen) atoms. The van der Waals surface area contributed by atoms with E-state index in [1.165, 1.54) is 4.90 Å². The summed E-state index contributed by atoms with van der Waals surface area (Å²) in [5.41, 5.74) is 4.03. The van der Waals surface area contributed by atoms with Gasteiger partial charge in [-0.25, -0.2) is 9.78 Å². The first-order valence-electron chi connectivity index (χ1n) is 14.1. The fourth-order valence-corrected chi connectivity index (χ4v) is 5.92. The molecule has 0 spiro atoms. The number of aryl methyl sites for hydroxylation is 1. The van der Waals surface area contributed by atoms with E-state index in [1.54, 1.807) is 61.7 Å². The number of ether oxygens (including phenoxy) is 2. The van der Waals surface area contributed by atoms with E-state index < -0.39 is 12.6 Å². The topological polar surface area (TPSA) is 103 Å². The van der Waals surface area contributed by atoms with E-state index in [0.29, 0.717) is 44.7 Å². The van der Waals surface area contributed by atoms with Gasteiger partial charge >= 0.3 is 5.97 Å². The number of hydrogen-bond donors (Lipinski definition) is 0. The summed E-state index contributed by atoms with van der Waals surface area (Å²) in [6.45, 7) is 1.51. The molecule has 2 unspecified atom stereocenters. The molecule has 8 nitrogen and oxygen atoms in total. The minimum atomic E-state index is -0.636. The highest BCUT2D eigenvalue weighted by atomic mass is 16.5. The molecule has 2 heterocycles. The number of ketones is 1. The third-order valence-corrected chi connectivity index (χ3v) is 8.19. The van der Waals surface area contributed by atoms with Crippen molar-refractivity contribution in [2.75, 3.05) is 18.6 Å². The van der Waals surface area contributed by atoms with Crippen LogP contribution in [0.2, 0.25) is 0 Å². The van der Waals surface area contributed by atoms with Gasteiger partial charge in [0, 0.05) is 16.5 Å². The van der Waals surface area contributed by atoms with Crippen molar-refractivity contribution >= 4 is 40.2 Å². The number of amides is 2. The number of esters is 1. The van der Waals surface area contributed by atoms with Gasteiger partial charge in [-0.05, 0) is 74.4 Å². The van der Waals surface area contributed by atoms with Crippen LogP contribution in [0.3, 0.4) is 0 Å². The average Bonchev–Trinajstić information content (AvgIpc) is 3.28. The van der Waals surface area contributed by atoms with Crippen molar-refractivity contribution in [3.63, 3.8) is 0 Å². The van der Waals surface area contributed by atoms with E-state index in [0.717, 1.165) is 31.2 Å². The largest absolute Gasteiger partial charge is 0.497 e. The zero-order chi connectivity index (χ0) is 29.4. The molecule has 212 valence electrons. The fourth-order valence-electron chi connectivity index (χ4n) is 5.92. The molecular weight excluding hydrogens is 532 g/mol. The van der Waals surface area contributed by atoms with Crippen molar-refractivity contribution in [3.8, 4) is 17.0 Å². The Morgan fingerprint density at radius 1 is 0.881 bits per heavy atom. The molecule has 3 aromatic carbocycles. The minimum Gasteiger partial charge on any atom is -0.497 e. The van der Waals surface area contributed by atoms with Crippen molar-refractivity contribution in [2.45, 2.75) is 32.6 Å². The lowest BCUT2D eigenvalue weighted by molar-refractivity contribution is -0.122. The summed E-state index contributed by atoms with van der Waals surface area (Å²) in [5, 5.41) is 0.619. The maximum absolute atomic E-state index is 13.3. The van der Waals surface area contributed by atoms with Gasteiger partial charge < -0.3 is 9.47 Å². The maximum Gasteiger partial charge on any atom is 0.339 e. The number of hydrogen-bond acceptors (Lipinski definition) is 7. The lowest BCUT2D eigenvalue weighted by Crippen LogP contribution is -2.30. The molecule has 0 radical (unpaired) electrons. The molecule has 1 saturated carbocycles. The first kappa shape index (κ1) is 27.3. The summed E-state index contributed by atoms with van der Waals surface area (Å²) in [5.74, 6) is -1.02. The number of pyridine rings is 1. The molecule has 1 saturated heterocycles. The molecule has 1 aliphatic heterocycles. The molecule has 2 aliphatic rings. The number of carbonyl (C=O) groups excluding carboxylic acids is 4. The van der Waals surface area contributed by atoms with Gasteiger partial charge in [-0.2, -0.15) is 0 Å². The summed E-state index contributed by atoms with van der Waals surface area (Å²) >= 11 is 0. The van der Waals surface area contributed by atoms with E-state index >= 15 is 0 Å². The Kier molecular flexibility index (Phi) is 7.29. The molecule has 2 amide bonds. The van der Waals surface area contributed by atoms with Gasteiger partial charge in [0.1, 0.15) is 5.75 Å². The molecule has 0 N–H and O–H groups in total. The number of benzene rings is 3. The van der Waals surface area contributed by atoms with E-state index in [1.807, 2.05) is 25.1 Å². The molecular formula is C34H30N2O6. The molecule has 4 aromatic rings. The molecule has 1 aromatic heterocycles. The number of carbonyl (C=O) groups is 4. The number of fused-ring (bicyclic) bond motifs is 2. The zero-order valence-corrected chi connectivity index (χ0v) is 23.5. The van der Waals surface area contributed by atoms with E-state index in [2.05, 4.69) is 0 Å². The number of anilines is 1. The maximum atomic E-state index is 13.3. The van der Waals surface area contributed by atoms with E-state index in [4.69, 9.17) is 14.5 Å². The molecule has 2 atom stereocenters. The second-order valence-corrected chi connectivity index (χ2v) is 10.9. The van der Waals surface area contributed by atoms with Crippen LogP contribution in [-0.4, -0.2) is 42.3 Å². The Morgan fingerprint density at radius 2 is 1.55 bits per heavy atom. The van der Waals surface area contributed by atoms with Crippen LogP contribution in [0.5, 0.6) is 5.75 Å². The van der Waals surface area contributed by atoms with Gasteiger partial charge in [0.2, 0.25) is 11.8 Å². The first-order chi connectivity index (χ1) is 20.3. The molecule has 6 rings (SSSR count). The van der Waals surface area contributed by atoms with Gasteiger partial charge in [-0.3, -0.25) is 19.3 Å². The summed E-state index contributed by atoms with van der Waals surface area (Å²) in [7, 11) is 1.54. The van der Waals surface area contributed by atoms with Gasteiger partial charge in [0.05, 0.1) is 41.4 Å². The minimum absolute atomic E-state index is 0.120. The molecule has 0 bridgehead atoms. The van der Waals surface area contributed by atoms with Crippen molar-refractivity contribution in [1.82, 2.24) is 4.98 Å². The van der Waals surface area contributed by atoms with Crippen LogP contribution in [0.4, 0.5) is 5.69 Å². The van der Waals surface area contributed by atoms with Crippen LogP contribution in [0.25, 0.3) is 22.2 Å². The highest BCUT2D eigenvalue weighted by molar-refractivity contribution is 6.22. The molecule has 8 heteroatoms. The zero-order valence-electron chi connectivity index (χ0n) is 23.5. The quantitative estimate of drug-likeness (QED) is 0.156. The van der Waals surface area contributed by atoms with Crippen molar-refractivity contribution in [2.24, 2.45) is 11.8 Å². The predicted octanol–water partition coefficient (Wildman–Crippen LogP) is 5.94. The lowest BCUT2D eigenvalue weighted by atomic mass is 9.81. The van der Waals surface area contributed by atoms with Gasteiger partial charge in [-0.15, -0.1) is 0 Å². The summed E-state index contributed by atoms with van der Waals surface area (Å²) < 4.78 is 10.6. The van der Waals surface area contributed by atoms with Crippen LogP contribution in [-0.2, 0) is 14.3 Å². The van der Waals surface area contributed by atoms with Gasteiger partial charge in [0.15, 0.2) is 12.4 Å². The molecule has 2 fully saturated rings. The Bertz CT molecular complexity index is 1690. The van der Waals surface area contributed by atoms with Crippen LogP contribution in [0.1, 0.15) is 52.0 Å². The van der Waals surface area contributed by atoms with Crippen LogP contribution >= 0.6 is 0 Å². The van der Waals surface area contributed by atoms with E-state index in [-0.39, 0.29) is 29.4 Å². The highest BCUT2D eigenvalue weighted by Gasteiger charge is 2.48. The number of methoxy groups -OCH3 is 1. The van der Waals surface area contributed by atoms with Crippen LogP contribution in [0, 0.1) is 18.8 Å². The number of rotatable bonds is 7. The normalized spacial score (nSPS) is 18.2.